The van der Waals surface area contributed by atoms with Crippen LogP contribution in [-0.4, -0.2) is 11.0 Å². The van der Waals surface area contributed by atoms with E-state index in [0.29, 0.717) is 5.69 Å². The molecule has 3 aromatic rings. The number of amides is 1. The number of aromatic hydroxyl groups is 1. The summed E-state index contributed by atoms with van der Waals surface area (Å²) in [6.45, 7) is 0. The number of hydrogen-bond donors (Lipinski definition) is 2. The van der Waals surface area contributed by atoms with Crippen LogP contribution >= 0.6 is 15.9 Å². The first-order chi connectivity index (χ1) is 10.2. The monoisotopic (exact) mass is 341 g/mol. The third kappa shape index (κ3) is 2.62. The Kier molecular flexibility index (Phi) is 3.62. The molecule has 1 amide bonds. The quantitative estimate of drug-likeness (QED) is 0.717. The molecule has 0 atom stereocenters. The zero-order valence-electron chi connectivity index (χ0n) is 11.0. The molecule has 21 heavy (non-hydrogen) atoms. The number of benzene rings is 3. The number of halogens is 1. The minimum atomic E-state index is -0.337. The Balaban J connectivity index is 2.06. The molecule has 0 heterocycles. The van der Waals surface area contributed by atoms with Crippen molar-refractivity contribution in [3.05, 3.63) is 70.7 Å². The van der Waals surface area contributed by atoms with E-state index in [1.165, 1.54) is 6.07 Å². The highest BCUT2D eigenvalue weighted by molar-refractivity contribution is 9.10. The van der Waals surface area contributed by atoms with Gasteiger partial charge in [0.05, 0.1) is 11.3 Å². The highest BCUT2D eigenvalue weighted by Crippen LogP contribution is 2.29. The summed E-state index contributed by atoms with van der Waals surface area (Å²) in [6, 6.07) is 18.2. The minimum Gasteiger partial charge on any atom is -0.507 e. The number of carbonyl (C=O) groups is 1. The van der Waals surface area contributed by atoms with Crippen molar-refractivity contribution >= 4 is 38.3 Å². The van der Waals surface area contributed by atoms with Crippen molar-refractivity contribution in [1.29, 1.82) is 0 Å². The number of nitrogens with one attached hydrogen (secondary N) is 1. The Morgan fingerprint density at radius 3 is 2.48 bits per heavy atom. The summed E-state index contributed by atoms with van der Waals surface area (Å²) in [7, 11) is 0. The Labute approximate surface area is 130 Å². The molecule has 0 bridgehead atoms. The molecule has 3 aromatic carbocycles. The lowest BCUT2D eigenvalue weighted by Crippen LogP contribution is -2.13. The Hall–Kier alpha value is -2.33. The summed E-state index contributed by atoms with van der Waals surface area (Å²) in [6.07, 6.45) is 0. The fourth-order valence-electron chi connectivity index (χ4n) is 2.25. The van der Waals surface area contributed by atoms with E-state index in [2.05, 4.69) is 21.2 Å². The molecular formula is C17H12BrNO2. The molecule has 104 valence electrons. The number of phenols is 1. The number of para-hydroxylation sites is 1. The number of fused-ring (bicyclic) bond motifs is 1. The molecule has 0 spiro atoms. The minimum absolute atomic E-state index is 0.0294. The van der Waals surface area contributed by atoms with Gasteiger partial charge >= 0.3 is 0 Å². The molecular weight excluding hydrogens is 330 g/mol. The number of anilines is 1. The standard InChI is InChI=1S/C17H12BrNO2/c18-13-7-3-4-8-14(13)19-17(21)16-12-6-2-1-5-11(12)9-10-15(16)20/h1-10,20H,(H,19,21). The molecule has 4 heteroatoms. The molecule has 0 saturated carbocycles. The van der Waals surface area contributed by atoms with Gasteiger partial charge in [-0.3, -0.25) is 4.79 Å². The van der Waals surface area contributed by atoms with Gasteiger partial charge in [0, 0.05) is 4.47 Å². The first-order valence-electron chi connectivity index (χ1n) is 6.43. The Morgan fingerprint density at radius 2 is 1.67 bits per heavy atom. The van der Waals surface area contributed by atoms with Crippen molar-refractivity contribution in [3.63, 3.8) is 0 Å². The summed E-state index contributed by atoms with van der Waals surface area (Å²) in [5.41, 5.74) is 0.943. The number of rotatable bonds is 2. The molecule has 0 aliphatic rings. The molecule has 3 nitrogen and oxygen atoms in total. The van der Waals surface area contributed by atoms with Gasteiger partial charge in [0.1, 0.15) is 5.75 Å². The van der Waals surface area contributed by atoms with Crippen LogP contribution in [-0.2, 0) is 0 Å². The predicted octanol–water partition coefficient (Wildman–Crippen LogP) is 4.56. The second-order valence-electron chi connectivity index (χ2n) is 4.61. The van der Waals surface area contributed by atoms with Crippen molar-refractivity contribution in [2.75, 3.05) is 5.32 Å². The van der Waals surface area contributed by atoms with Crippen molar-refractivity contribution < 1.29 is 9.90 Å². The van der Waals surface area contributed by atoms with Gasteiger partial charge in [0.2, 0.25) is 0 Å². The van der Waals surface area contributed by atoms with Gasteiger partial charge in [-0.2, -0.15) is 0 Å². The maximum atomic E-state index is 12.5. The average Bonchev–Trinajstić information content (AvgIpc) is 2.49. The SMILES string of the molecule is O=C(Nc1ccccc1Br)c1c(O)ccc2ccccc12. The number of phenolic OH excluding ortho intramolecular Hbond substituents is 1. The maximum absolute atomic E-state index is 12.5. The maximum Gasteiger partial charge on any atom is 0.260 e. The molecule has 2 N–H and O–H groups in total. The van der Waals surface area contributed by atoms with Crippen LogP contribution in [0.25, 0.3) is 10.8 Å². The molecule has 0 saturated heterocycles. The number of carbonyl (C=O) groups excluding carboxylic acids is 1. The molecule has 3 rings (SSSR count). The van der Waals surface area contributed by atoms with Crippen molar-refractivity contribution in [3.8, 4) is 5.75 Å². The Bertz CT molecular complexity index is 830. The topological polar surface area (TPSA) is 49.3 Å². The van der Waals surface area contributed by atoms with Gasteiger partial charge in [-0.1, -0.05) is 42.5 Å². The van der Waals surface area contributed by atoms with Crippen molar-refractivity contribution in [2.45, 2.75) is 0 Å². The van der Waals surface area contributed by atoms with E-state index >= 15 is 0 Å². The largest absolute Gasteiger partial charge is 0.507 e. The third-order valence-electron chi connectivity index (χ3n) is 3.26. The van der Waals surface area contributed by atoms with Gasteiger partial charge in [0.25, 0.3) is 5.91 Å². The first-order valence-corrected chi connectivity index (χ1v) is 7.23. The molecule has 0 fully saturated rings. The van der Waals surface area contributed by atoms with E-state index in [0.717, 1.165) is 15.2 Å². The van der Waals surface area contributed by atoms with E-state index in [4.69, 9.17) is 0 Å². The lowest BCUT2D eigenvalue weighted by Gasteiger charge is -2.11. The molecule has 0 aliphatic carbocycles. The van der Waals surface area contributed by atoms with Crippen LogP contribution in [0.3, 0.4) is 0 Å². The summed E-state index contributed by atoms with van der Waals surface area (Å²) in [5.74, 6) is -0.366. The molecule has 0 aromatic heterocycles. The van der Waals surface area contributed by atoms with Gasteiger partial charge < -0.3 is 10.4 Å². The summed E-state index contributed by atoms with van der Waals surface area (Å²) in [4.78, 5) is 12.5. The van der Waals surface area contributed by atoms with Crippen LogP contribution in [0.5, 0.6) is 5.75 Å². The van der Waals surface area contributed by atoms with E-state index in [1.54, 1.807) is 12.1 Å². The van der Waals surface area contributed by atoms with Crippen molar-refractivity contribution in [1.82, 2.24) is 0 Å². The summed E-state index contributed by atoms with van der Waals surface area (Å²) < 4.78 is 0.790. The molecule has 0 aliphatic heterocycles. The van der Waals surface area contributed by atoms with Gasteiger partial charge in [0.15, 0.2) is 0 Å². The lowest BCUT2D eigenvalue weighted by atomic mass is 10.0. The Morgan fingerprint density at radius 1 is 0.952 bits per heavy atom. The highest BCUT2D eigenvalue weighted by atomic mass is 79.9. The van der Waals surface area contributed by atoms with Gasteiger partial charge in [-0.25, -0.2) is 0 Å². The summed E-state index contributed by atoms with van der Waals surface area (Å²) >= 11 is 3.39. The predicted molar refractivity (Wildman–Crippen MR) is 87.7 cm³/mol. The van der Waals surface area contributed by atoms with Crippen molar-refractivity contribution in [2.24, 2.45) is 0 Å². The van der Waals surface area contributed by atoms with E-state index < -0.39 is 0 Å². The van der Waals surface area contributed by atoms with Crippen LogP contribution in [0.15, 0.2) is 65.1 Å². The van der Waals surface area contributed by atoms with Crippen LogP contribution in [0, 0.1) is 0 Å². The second kappa shape index (κ2) is 5.58. The third-order valence-corrected chi connectivity index (χ3v) is 3.95. The van der Waals surface area contributed by atoms with Gasteiger partial charge in [-0.05, 0) is 44.9 Å². The zero-order valence-corrected chi connectivity index (χ0v) is 12.6. The molecule has 0 radical (unpaired) electrons. The van der Waals surface area contributed by atoms with E-state index in [1.807, 2.05) is 42.5 Å². The number of hydrogen-bond acceptors (Lipinski definition) is 2. The molecule has 0 unspecified atom stereocenters. The normalized spacial score (nSPS) is 10.5. The highest BCUT2D eigenvalue weighted by Gasteiger charge is 2.16. The fraction of sp³-hybridized carbons (Fsp3) is 0. The second-order valence-corrected chi connectivity index (χ2v) is 5.47. The van der Waals surface area contributed by atoms with E-state index in [9.17, 15) is 9.90 Å². The smallest absolute Gasteiger partial charge is 0.260 e. The lowest BCUT2D eigenvalue weighted by molar-refractivity contribution is 0.102. The first kappa shape index (κ1) is 13.6. The van der Waals surface area contributed by atoms with Crippen LogP contribution < -0.4 is 5.32 Å². The zero-order chi connectivity index (χ0) is 14.8. The van der Waals surface area contributed by atoms with E-state index in [-0.39, 0.29) is 17.2 Å². The average molecular weight is 342 g/mol. The van der Waals surface area contributed by atoms with Crippen LogP contribution in [0.4, 0.5) is 5.69 Å². The fourth-order valence-corrected chi connectivity index (χ4v) is 2.63. The van der Waals surface area contributed by atoms with Crippen LogP contribution in [0.2, 0.25) is 0 Å². The van der Waals surface area contributed by atoms with Gasteiger partial charge in [-0.15, -0.1) is 0 Å². The summed E-state index contributed by atoms with van der Waals surface area (Å²) in [5, 5.41) is 14.5. The van der Waals surface area contributed by atoms with Crippen LogP contribution in [0.1, 0.15) is 10.4 Å².